The van der Waals surface area contributed by atoms with Gasteiger partial charge in [-0.25, -0.2) is 0 Å². The van der Waals surface area contributed by atoms with Crippen molar-refractivity contribution in [3.63, 3.8) is 0 Å². The van der Waals surface area contributed by atoms with E-state index in [1.807, 2.05) is 24.3 Å². The third-order valence-corrected chi connectivity index (χ3v) is 5.17. The van der Waals surface area contributed by atoms with Gasteiger partial charge in [-0.15, -0.1) is 0 Å². The number of aliphatic carboxylic acids is 1. The fraction of sp³-hybridized carbons (Fsp3) is 0.480. The Kier molecular flexibility index (Phi) is 11.0. The molecule has 0 saturated heterocycles. The summed E-state index contributed by atoms with van der Waals surface area (Å²) in [6.45, 7) is 7.79. The van der Waals surface area contributed by atoms with E-state index >= 15 is 0 Å². The Hall–Kier alpha value is -2.37. The zero-order valence-electron chi connectivity index (χ0n) is 18.3. The van der Waals surface area contributed by atoms with Crippen molar-refractivity contribution in [1.29, 1.82) is 0 Å². The minimum Gasteiger partial charge on any atom is -0.491 e. The Morgan fingerprint density at radius 1 is 1.00 bits per heavy atom. The van der Waals surface area contributed by atoms with Gasteiger partial charge in [-0.2, -0.15) is 0 Å². The highest BCUT2D eigenvalue weighted by Crippen LogP contribution is 2.21. The Labute approximate surface area is 180 Å². The number of likely N-dealkylation sites (N-methyl/N-ethyl adjacent to an activating group) is 1. The van der Waals surface area contributed by atoms with Gasteiger partial charge in [0.05, 0.1) is 0 Å². The molecule has 30 heavy (non-hydrogen) atoms. The molecule has 1 N–H and O–H groups in total. The smallest absolute Gasteiger partial charge is 0.303 e. The SMILES string of the molecule is CCN(CC)CC(COc1ccccc1CCc1ccccc1)OCCCC(=O)O. The fourth-order valence-electron chi connectivity index (χ4n) is 3.35. The van der Waals surface area contributed by atoms with Crippen LogP contribution in [0.3, 0.4) is 0 Å². The second kappa shape index (κ2) is 13.8. The van der Waals surface area contributed by atoms with Crippen LogP contribution in [0, 0.1) is 0 Å². The number of ether oxygens (including phenoxy) is 2. The van der Waals surface area contributed by atoms with Crippen molar-refractivity contribution < 1.29 is 19.4 Å². The van der Waals surface area contributed by atoms with Gasteiger partial charge in [0.1, 0.15) is 18.5 Å². The molecule has 1 atom stereocenters. The van der Waals surface area contributed by atoms with Crippen molar-refractivity contribution in [2.75, 3.05) is 32.8 Å². The van der Waals surface area contributed by atoms with Crippen LogP contribution in [0.25, 0.3) is 0 Å². The van der Waals surface area contributed by atoms with Crippen molar-refractivity contribution in [2.24, 2.45) is 0 Å². The molecule has 0 amide bonds. The molecule has 0 spiro atoms. The van der Waals surface area contributed by atoms with E-state index in [1.165, 1.54) is 11.1 Å². The van der Waals surface area contributed by atoms with E-state index in [2.05, 4.69) is 49.1 Å². The number of hydrogen-bond donors (Lipinski definition) is 1. The van der Waals surface area contributed by atoms with Crippen LogP contribution in [0.2, 0.25) is 0 Å². The highest BCUT2D eigenvalue weighted by molar-refractivity contribution is 5.66. The predicted molar refractivity (Wildman–Crippen MR) is 120 cm³/mol. The Morgan fingerprint density at radius 3 is 2.40 bits per heavy atom. The number of nitrogens with zero attached hydrogens (tertiary/aromatic N) is 1. The molecule has 0 saturated carbocycles. The third-order valence-electron chi connectivity index (χ3n) is 5.17. The number of carboxylic acid groups (broad SMARTS) is 1. The molecule has 0 fully saturated rings. The number of hydrogen-bond acceptors (Lipinski definition) is 4. The standard InChI is InChI=1S/C25H35NO4/c1-3-26(4-2)19-23(29-18-10-15-25(27)28)20-30-24-14-9-8-13-22(24)17-16-21-11-6-5-7-12-21/h5-9,11-14,23H,3-4,10,15-20H2,1-2H3,(H,27,28). The maximum atomic E-state index is 10.7. The quantitative estimate of drug-likeness (QED) is 0.437. The molecule has 2 rings (SSSR count). The molecule has 0 aliphatic rings. The first-order valence-electron chi connectivity index (χ1n) is 10.9. The molecule has 2 aromatic carbocycles. The molecule has 0 aliphatic heterocycles. The van der Waals surface area contributed by atoms with Crippen LogP contribution in [-0.4, -0.2) is 54.9 Å². The summed E-state index contributed by atoms with van der Waals surface area (Å²) in [4.78, 5) is 13.0. The summed E-state index contributed by atoms with van der Waals surface area (Å²) >= 11 is 0. The lowest BCUT2D eigenvalue weighted by Crippen LogP contribution is -2.37. The summed E-state index contributed by atoms with van der Waals surface area (Å²) in [5.74, 6) is 0.106. The van der Waals surface area contributed by atoms with E-state index < -0.39 is 5.97 Å². The molecule has 5 heteroatoms. The summed E-state index contributed by atoms with van der Waals surface area (Å²) in [5.41, 5.74) is 2.50. The van der Waals surface area contributed by atoms with Gasteiger partial charge in [0.2, 0.25) is 0 Å². The van der Waals surface area contributed by atoms with Gasteiger partial charge >= 0.3 is 5.97 Å². The number of rotatable bonds is 15. The second-order valence-electron chi connectivity index (χ2n) is 7.38. The molecule has 0 aliphatic carbocycles. The van der Waals surface area contributed by atoms with Gasteiger partial charge in [-0.05, 0) is 49.5 Å². The van der Waals surface area contributed by atoms with Gasteiger partial charge in [-0.3, -0.25) is 4.79 Å². The second-order valence-corrected chi connectivity index (χ2v) is 7.38. The number of carbonyl (C=O) groups is 1. The van der Waals surface area contributed by atoms with Gasteiger partial charge in [-0.1, -0.05) is 62.4 Å². The lowest BCUT2D eigenvalue weighted by molar-refractivity contribution is -0.137. The van der Waals surface area contributed by atoms with Crippen LogP contribution in [-0.2, 0) is 22.4 Å². The maximum Gasteiger partial charge on any atom is 0.303 e. The van der Waals surface area contributed by atoms with Crippen molar-refractivity contribution >= 4 is 5.97 Å². The fourth-order valence-corrected chi connectivity index (χ4v) is 3.35. The van der Waals surface area contributed by atoms with E-state index in [9.17, 15) is 4.79 Å². The summed E-state index contributed by atoms with van der Waals surface area (Å²) in [7, 11) is 0. The first kappa shape index (κ1) is 23.9. The average molecular weight is 414 g/mol. The van der Waals surface area contributed by atoms with E-state index in [0.29, 0.717) is 19.6 Å². The minimum atomic E-state index is -0.789. The Bertz CT molecular complexity index is 731. The molecule has 0 aromatic heterocycles. The minimum absolute atomic E-state index is 0.0964. The zero-order chi connectivity index (χ0) is 21.6. The van der Waals surface area contributed by atoms with Crippen LogP contribution in [0.1, 0.15) is 37.8 Å². The molecule has 0 radical (unpaired) electrons. The summed E-state index contributed by atoms with van der Waals surface area (Å²) in [6, 6.07) is 18.6. The average Bonchev–Trinajstić information content (AvgIpc) is 2.77. The maximum absolute atomic E-state index is 10.7. The molecule has 1 unspecified atom stereocenters. The Balaban J connectivity index is 1.94. The van der Waals surface area contributed by atoms with Gasteiger partial charge in [0.15, 0.2) is 0 Å². The largest absolute Gasteiger partial charge is 0.491 e. The van der Waals surface area contributed by atoms with Crippen molar-refractivity contribution in [3.05, 3.63) is 65.7 Å². The van der Waals surface area contributed by atoms with Crippen LogP contribution < -0.4 is 4.74 Å². The molecular weight excluding hydrogens is 378 g/mol. The first-order valence-corrected chi connectivity index (χ1v) is 10.9. The highest BCUT2D eigenvalue weighted by Gasteiger charge is 2.15. The molecule has 2 aromatic rings. The van der Waals surface area contributed by atoms with Crippen molar-refractivity contribution in [3.8, 4) is 5.75 Å². The number of para-hydroxylation sites is 1. The van der Waals surface area contributed by atoms with Gasteiger partial charge in [0, 0.05) is 19.6 Å². The van der Waals surface area contributed by atoms with Crippen molar-refractivity contribution in [1.82, 2.24) is 4.90 Å². The van der Waals surface area contributed by atoms with Crippen LogP contribution in [0.5, 0.6) is 5.75 Å². The number of benzene rings is 2. The zero-order valence-corrected chi connectivity index (χ0v) is 18.3. The molecular formula is C25H35NO4. The van der Waals surface area contributed by atoms with E-state index in [0.717, 1.165) is 38.2 Å². The van der Waals surface area contributed by atoms with Gasteiger partial charge in [0.25, 0.3) is 0 Å². The van der Waals surface area contributed by atoms with Crippen LogP contribution >= 0.6 is 0 Å². The predicted octanol–water partition coefficient (Wildman–Crippen LogP) is 4.44. The summed E-state index contributed by atoms with van der Waals surface area (Å²) < 4.78 is 12.2. The topological polar surface area (TPSA) is 59.0 Å². The molecule has 0 bridgehead atoms. The van der Waals surface area contributed by atoms with E-state index in [-0.39, 0.29) is 12.5 Å². The molecule has 5 nitrogen and oxygen atoms in total. The monoisotopic (exact) mass is 413 g/mol. The van der Waals surface area contributed by atoms with Crippen LogP contribution in [0.15, 0.2) is 54.6 Å². The van der Waals surface area contributed by atoms with E-state index in [1.54, 1.807) is 0 Å². The summed E-state index contributed by atoms with van der Waals surface area (Å²) in [5, 5.41) is 8.83. The van der Waals surface area contributed by atoms with Crippen LogP contribution in [0.4, 0.5) is 0 Å². The Morgan fingerprint density at radius 2 is 1.70 bits per heavy atom. The third kappa shape index (κ3) is 8.97. The molecule has 0 heterocycles. The lowest BCUT2D eigenvalue weighted by Gasteiger charge is -2.26. The van der Waals surface area contributed by atoms with Crippen molar-refractivity contribution in [2.45, 2.75) is 45.6 Å². The summed E-state index contributed by atoms with van der Waals surface area (Å²) in [6.07, 6.45) is 2.43. The number of aryl methyl sites for hydroxylation is 2. The lowest BCUT2D eigenvalue weighted by atomic mass is 10.0. The first-order chi connectivity index (χ1) is 14.6. The van der Waals surface area contributed by atoms with E-state index in [4.69, 9.17) is 14.6 Å². The molecule has 164 valence electrons. The highest BCUT2D eigenvalue weighted by atomic mass is 16.5. The number of carboxylic acids is 1. The normalized spacial score (nSPS) is 12.1. The van der Waals surface area contributed by atoms with Gasteiger partial charge < -0.3 is 19.5 Å².